The molecule has 1 N–H and O–H groups in total. The van der Waals surface area contributed by atoms with Gasteiger partial charge in [-0.1, -0.05) is 6.92 Å². The van der Waals surface area contributed by atoms with Gasteiger partial charge in [0.1, 0.15) is 0 Å². The van der Waals surface area contributed by atoms with Crippen LogP contribution in [-0.4, -0.2) is 36.7 Å². The van der Waals surface area contributed by atoms with Gasteiger partial charge in [0.2, 0.25) is 11.6 Å². The van der Waals surface area contributed by atoms with Crippen LogP contribution in [0.5, 0.6) is 0 Å². The Morgan fingerprint density at radius 3 is 2.72 bits per heavy atom. The third-order valence-corrected chi connectivity index (χ3v) is 4.25. The maximum Gasteiger partial charge on any atom is 0.406 e. The molecule has 1 rings (SSSR count). The molecule has 18 heavy (non-hydrogen) atoms. The molecule has 1 aromatic heterocycles. The van der Waals surface area contributed by atoms with Crippen molar-refractivity contribution in [3.63, 3.8) is 0 Å². The van der Waals surface area contributed by atoms with Gasteiger partial charge in [0.05, 0.1) is 0 Å². The first-order valence-corrected chi connectivity index (χ1v) is 7.20. The molecule has 0 radical (unpaired) electrons. The van der Waals surface area contributed by atoms with Crippen LogP contribution in [0.15, 0.2) is 0 Å². The molecule has 7 nitrogen and oxygen atoms in total. The topological polar surface area (TPSA) is 90.1 Å². The highest BCUT2D eigenvalue weighted by molar-refractivity contribution is 7.84. The summed E-state index contributed by atoms with van der Waals surface area (Å²) < 4.78 is 12.8. The number of hydrogen-bond donors (Lipinski definition) is 1. The zero-order valence-electron chi connectivity index (χ0n) is 11.0. The molecule has 1 aromatic rings. The molecule has 0 aliphatic rings. The molecule has 2 unspecified atom stereocenters. The van der Waals surface area contributed by atoms with Crippen LogP contribution in [-0.2, 0) is 17.8 Å². The minimum absolute atomic E-state index is 0.0610. The summed E-state index contributed by atoms with van der Waals surface area (Å²) in [5.41, 5.74) is 0. The van der Waals surface area contributed by atoms with Crippen LogP contribution in [0, 0.1) is 17.0 Å². The molecule has 0 saturated carbocycles. The van der Waals surface area contributed by atoms with E-state index < -0.39 is 15.7 Å². The number of nitrogens with zero attached hydrogens (tertiary/aromatic N) is 3. The lowest BCUT2D eigenvalue weighted by Crippen LogP contribution is -2.16. The van der Waals surface area contributed by atoms with Gasteiger partial charge >= 0.3 is 5.82 Å². The van der Waals surface area contributed by atoms with Gasteiger partial charge < -0.3 is 15.4 Å². The largest absolute Gasteiger partial charge is 0.406 e. The molecule has 0 saturated heterocycles. The predicted molar refractivity (Wildman–Crippen MR) is 71.2 cm³/mol. The minimum Gasteiger partial charge on any atom is -0.364 e. The molecule has 8 heteroatoms. The molecule has 0 fully saturated rings. The van der Waals surface area contributed by atoms with Crippen LogP contribution < -0.4 is 5.32 Å². The summed E-state index contributed by atoms with van der Waals surface area (Å²) in [7, 11) is 0.843. The number of aromatic nitrogens is 2. The van der Waals surface area contributed by atoms with Crippen molar-refractivity contribution in [3.8, 4) is 0 Å². The Balaban J connectivity index is 2.73. The van der Waals surface area contributed by atoms with Crippen molar-refractivity contribution < 1.29 is 9.13 Å². The quantitative estimate of drug-likeness (QED) is 0.622. The van der Waals surface area contributed by atoms with E-state index >= 15 is 0 Å². The molecule has 2 atom stereocenters. The number of anilines is 1. The average Bonchev–Trinajstić information content (AvgIpc) is 2.56. The molecular formula is C10H18N4O3S. The lowest BCUT2D eigenvalue weighted by atomic mass is 10.3. The first kappa shape index (κ1) is 14.6. The summed E-state index contributed by atoms with van der Waals surface area (Å²) in [6.07, 6.45) is 2.34. The van der Waals surface area contributed by atoms with Gasteiger partial charge in [-0.2, -0.15) is 0 Å². The molecule has 0 aliphatic carbocycles. The standard InChI is InChI=1S/C10H18N4O3S/c1-7(18(4)17)5-6-11-9-10(14(15)16)12-8(2)13(9)3/h7,11H,5-6H2,1-4H3. The van der Waals surface area contributed by atoms with Gasteiger partial charge in [-0.25, -0.2) is 0 Å². The summed E-state index contributed by atoms with van der Waals surface area (Å²) in [6.45, 7) is 4.13. The predicted octanol–water partition coefficient (Wildman–Crippen LogP) is 1.21. The van der Waals surface area contributed by atoms with Crippen molar-refractivity contribution in [2.45, 2.75) is 25.5 Å². The number of hydrogen-bond acceptors (Lipinski definition) is 5. The Kier molecular flexibility index (Phi) is 4.83. The summed E-state index contributed by atoms with van der Waals surface area (Å²) in [4.78, 5) is 14.2. The van der Waals surface area contributed by atoms with E-state index in [9.17, 15) is 14.3 Å². The number of nitro groups is 1. The van der Waals surface area contributed by atoms with E-state index in [2.05, 4.69) is 10.3 Å². The summed E-state index contributed by atoms with van der Waals surface area (Å²) in [6, 6.07) is 0. The Morgan fingerprint density at radius 1 is 1.61 bits per heavy atom. The third kappa shape index (κ3) is 3.28. The minimum atomic E-state index is -0.879. The van der Waals surface area contributed by atoms with Gasteiger partial charge in [0, 0.05) is 42.8 Å². The van der Waals surface area contributed by atoms with Crippen molar-refractivity contribution in [1.82, 2.24) is 9.55 Å². The Morgan fingerprint density at radius 2 is 2.22 bits per heavy atom. The molecule has 0 spiro atoms. The molecule has 0 aromatic carbocycles. The fraction of sp³-hybridized carbons (Fsp3) is 0.700. The fourth-order valence-corrected chi connectivity index (χ4v) is 1.93. The van der Waals surface area contributed by atoms with Crippen molar-refractivity contribution in [2.24, 2.45) is 7.05 Å². The van der Waals surface area contributed by atoms with Gasteiger partial charge in [0.15, 0.2) is 0 Å². The van der Waals surface area contributed by atoms with Crippen molar-refractivity contribution >= 4 is 22.4 Å². The number of rotatable bonds is 6. The third-order valence-electron chi connectivity index (χ3n) is 2.88. The second-order valence-electron chi connectivity index (χ2n) is 4.17. The van der Waals surface area contributed by atoms with Crippen molar-refractivity contribution in [1.29, 1.82) is 0 Å². The van der Waals surface area contributed by atoms with Gasteiger partial charge in [0.25, 0.3) is 0 Å². The maximum atomic E-state index is 11.2. The van der Waals surface area contributed by atoms with E-state index in [0.29, 0.717) is 24.6 Å². The average molecular weight is 274 g/mol. The van der Waals surface area contributed by atoms with E-state index in [1.165, 1.54) is 0 Å². The van der Waals surface area contributed by atoms with Crippen LogP contribution in [0.2, 0.25) is 0 Å². The van der Waals surface area contributed by atoms with Crippen LogP contribution in [0.25, 0.3) is 0 Å². The maximum absolute atomic E-state index is 11.2. The Labute approximate surface area is 108 Å². The van der Waals surface area contributed by atoms with E-state index in [-0.39, 0.29) is 11.1 Å². The number of imidazole rings is 1. The van der Waals surface area contributed by atoms with Crippen molar-refractivity contribution in [3.05, 3.63) is 15.9 Å². The van der Waals surface area contributed by atoms with E-state index in [0.717, 1.165) is 0 Å². The normalized spacial score (nSPS) is 14.2. The molecule has 102 valence electrons. The molecule has 0 amide bonds. The molecule has 0 aliphatic heterocycles. The first-order chi connectivity index (χ1) is 8.34. The second-order valence-corrected chi connectivity index (χ2v) is 5.97. The van der Waals surface area contributed by atoms with Crippen LogP contribution in [0.3, 0.4) is 0 Å². The highest BCUT2D eigenvalue weighted by Crippen LogP contribution is 2.23. The van der Waals surface area contributed by atoms with Gasteiger partial charge in [-0.15, -0.1) is 0 Å². The monoisotopic (exact) mass is 274 g/mol. The smallest absolute Gasteiger partial charge is 0.364 e. The van der Waals surface area contributed by atoms with Crippen molar-refractivity contribution in [2.75, 3.05) is 18.1 Å². The van der Waals surface area contributed by atoms with Crippen LogP contribution in [0.1, 0.15) is 19.2 Å². The van der Waals surface area contributed by atoms with E-state index in [1.54, 1.807) is 24.8 Å². The van der Waals surface area contributed by atoms with Crippen LogP contribution in [0.4, 0.5) is 11.6 Å². The summed E-state index contributed by atoms with van der Waals surface area (Å²) >= 11 is 0. The number of nitrogens with one attached hydrogen (secondary N) is 1. The summed E-state index contributed by atoms with van der Waals surface area (Å²) in [5.74, 6) is 0.808. The fourth-order valence-electron chi connectivity index (χ4n) is 1.48. The van der Waals surface area contributed by atoms with Gasteiger partial charge in [-0.05, 0) is 16.3 Å². The van der Waals surface area contributed by atoms with E-state index in [4.69, 9.17) is 0 Å². The highest BCUT2D eigenvalue weighted by atomic mass is 32.2. The zero-order valence-corrected chi connectivity index (χ0v) is 11.8. The SMILES string of the molecule is Cc1nc([N+](=O)[O-])c(NCCC(C)S(C)=O)n1C. The molecule has 0 bridgehead atoms. The lowest BCUT2D eigenvalue weighted by Gasteiger charge is -2.10. The summed E-state index contributed by atoms with van der Waals surface area (Å²) in [5, 5.41) is 13.9. The zero-order chi connectivity index (χ0) is 13.9. The molecular weight excluding hydrogens is 256 g/mol. The van der Waals surface area contributed by atoms with Crippen LogP contribution >= 0.6 is 0 Å². The number of aryl methyl sites for hydroxylation is 1. The Hall–Kier alpha value is -1.44. The molecule has 1 heterocycles. The lowest BCUT2D eigenvalue weighted by molar-refractivity contribution is -0.388. The highest BCUT2D eigenvalue weighted by Gasteiger charge is 2.23. The van der Waals surface area contributed by atoms with E-state index in [1.807, 2.05) is 6.92 Å². The van der Waals surface area contributed by atoms with Gasteiger partial charge in [-0.3, -0.25) is 8.78 Å². The Bertz CT molecular complexity index is 472. The first-order valence-electron chi connectivity index (χ1n) is 5.58. The second kappa shape index (κ2) is 5.94.